The van der Waals surface area contributed by atoms with E-state index in [1.165, 1.54) is 31.2 Å². The van der Waals surface area contributed by atoms with Crippen LogP contribution >= 0.6 is 0 Å². The average molecular weight is 324 g/mol. The summed E-state index contributed by atoms with van der Waals surface area (Å²) in [6.07, 6.45) is 1.16. The van der Waals surface area contributed by atoms with Crippen LogP contribution in [-0.4, -0.2) is 28.4 Å². The molecule has 0 radical (unpaired) electrons. The molecule has 0 spiro atoms. The van der Waals surface area contributed by atoms with Crippen molar-refractivity contribution in [1.29, 1.82) is 0 Å². The van der Waals surface area contributed by atoms with Gasteiger partial charge in [0.2, 0.25) is 11.6 Å². The number of allylic oxidation sites excluding steroid dienone is 2. The maximum Gasteiger partial charge on any atom is 0.335 e. The molecule has 1 aliphatic rings. The van der Waals surface area contributed by atoms with Crippen molar-refractivity contribution in [3.05, 3.63) is 64.1 Å². The van der Waals surface area contributed by atoms with Crippen LogP contribution in [0.3, 0.4) is 0 Å². The molecule has 0 saturated heterocycles. The molecule has 0 saturated carbocycles. The van der Waals surface area contributed by atoms with Crippen molar-refractivity contribution in [3.63, 3.8) is 0 Å². The van der Waals surface area contributed by atoms with Crippen LogP contribution in [0, 0.1) is 0 Å². The van der Waals surface area contributed by atoms with E-state index in [1.54, 1.807) is 6.92 Å². The maximum atomic E-state index is 12.6. The molecule has 0 aliphatic heterocycles. The fourth-order valence-electron chi connectivity index (χ4n) is 2.57. The first-order valence-electron chi connectivity index (χ1n) is 7.09. The van der Waals surface area contributed by atoms with Gasteiger partial charge in [0, 0.05) is 11.1 Å². The van der Waals surface area contributed by atoms with Crippen molar-refractivity contribution in [2.24, 2.45) is 0 Å². The van der Waals surface area contributed by atoms with E-state index in [-0.39, 0.29) is 28.0 Å². The molecule has 0 amide bonds. The van der Waals surface area contributed by atoms with Crippen LogP contribution in [-0.2, 0) is 4.79 Å². The van der Waals surface area contributed by atoms with E-state index < -0.39 is 23.3 Å². The first kappa shape index (κ1) is 15.6. The van der Waals surface area contributed by atoms with Crippen molar-refractivity contribution in [2.45, 2.75) is 13.8 Å². The molecule has 0 atom stereocenters. The Kier molecular flexibility index (Phi) is 3.52. The van der Waals surface area contributed by atoms with Gasteiger partial charge in [-0.1, -0.05) is 12.1 Å². The fourth-order valence-corrected chi connectivity index (χ4v) is 2.57. The minimum absolute atomic E-state index is 0.00160. The lowest BCUT2D eigenvalue weighted by Gasteiger charge is -2.12. The predicted molar refractivity (Wildman–Crippen MR) is 83.1 cm³/mol. The van der Waals surface area contributed by atoms with Crippen LogP contribution in [0.1, 0.15) is 56.2 Å². The normalized spacial score (nSPS) is 13.9. The highest BCUT2D eigenvalue weighted by molar-refractivity contribution is 6.53. The van der Waals surface area contributed by atoms with Crippen LogP contribution in [0.4, 0.5) is 0 Å². The molecule has 0 bridgehead atoms. The first-order chi connectivity index (χ1) is 11.3. The Morgan fingerprint density at radius 2 is 1.50 bits per heavy atom. The molecule has 1 aliphatic carbocycles. The SMILES string of the molecule is CC1=C(C)c2occ(C(=O)c3ccc(C(=O)O)cc3)c2C(=O)C1=O. The number of rotatable bonds is 3. The number of furan rings is 1. The van der Waals surface area contributed by atoms with Crippen LogP contribution < -0.4 is 0 Å². The Morgan fingerprint density at radius 1 is 0.917 bits per heavy atom. The van der Waals surface area contributed by atoms with E-state index in [0.717, 1.165) is 6.26 Å². The third-order valence-electron chi connectivity index (χ3n) is 4.11. The van der Waals surface area contributed by atoms with Gasteiger partial charge < -0.3 is 9.52 Å². The summed E-state index contributed by atoms with van der Waals surface area (Å²) in [6.45, 7) is 3.19. The van der Waals surface area contributed by atoms with Crippen LogP contribution in [0.25, 0.3) is 5.57 Å². The number of benzene rings is 1. The summed E-state index contributed by atoms with van der Waals surface area (Å²) < 4.78 is 5.35. The van der Waals surface area contributed by atoms with Gasteiger partial charge in [-0.25, -0.2) is 4.79 Å². The zero-order valence-electron chi connectivity index (χ0n) is 12.9. The fraction of sp³-hybridized carbons (Fsp3) is 0.111. The lowest BCUT2D eigenvalue weighted by Crippen LogP contribution is -2.23. The molecular weight excluding hydrogens is 312 g/mol. The van der Waals surface area contributed by atoms with E-state index in [4.69, 9.17) is 9.52 Å². The second kappa shape index (κ2) is 5.42. The first-order valence-corrected chi connectivity index (χ1v) is 7.09. The van der Waals surface area contributed by atoms with Gasteiger partial charge in [0.05, 0.1) is 16.7 Å². The number of hydrogen-bond donors (Lipinski definition) is 1. The average Bonchev–Trinajstić information content (AvgIpc) is 3.02. The summed E-state index contributed by atoms with van der Waals surface area (Å²) in [5.41, 5.74) is 1.03. The standard InChI is InChI=1S/C18H12O6/c1-8-9(2)17-13(16(21)14(8)19)12(7-24-17)15(20)10-3-5-11(6-4-10)18(22)23/h3-7H,1-2H3,(H,22,23). The van der Waals surface area contributed by atoms with Crippen molar-refractivity contribution in [3.8, 4) is 0 Å². The Labute approximate surface area is 136 Å². The molecule has 3 rings (SSSR count). The second-order valence-corrected chi connectivity index (χ2v) is 5.47. The van der Waals surface area contributed by atoms with Gasteiger partial charge in [0.1, 0.15) is 12.0 Å². The Hall–Kier alpha value is -3.28. The number of carboxylic acids is 1. The topological polar surface area (TPSA) is 102 Å². The number of carbonyl (C=O) groups is 4. The molecule has 1 aromatic carbocycles. The quantitative estimate of drug-likeness (QED) is 0.688. The molecule has 1 N–H and O–H groups in total. The second-order valence-electron chi connectivity index (χ2n) is 5.47. The number of carbonyl (C=O) groups excluding carboxylic acids is 3. The zero-order chi connectivity index (χ0) is 17.6. The lowest BCUT2D eigenvalue weighted by atomic mass is 9.87. The zero-order valence-corrected chi connectivity index (χ0v) is 12.9. The monoisotopic (exact) mass is 324 g/mol. The molecule has 2 aromatic rings. The molecule has 24 heavy (non-hydrogen) atoms. The number of aromatic carboxylic acids is 1. The highest BCUT2D eigenvalue weighted by atomic mass is 16.4. The number of hydrogen-bond acceptors (Lipinski definition) is 5. The van der Waals surface area contributed by atoms with E-state index in [1.807, 2.05) is 0 Å². The van der Waals surface area contributed by atoms with E-state index >= 15 is 0 Å². The van der Waals surface area contributed by atoms with Gasteiger partial charge in [-0.2, -0.15) is 0 Å². The van der Waals surface area contributed by atoms with E-state index in [9.17, 15) is 19.2 Å². The van der Waals surface area contributed by atoms with Gasteiger partial charge >= 0.3 is 5.97 Å². The molecule has 6 nitrogen and oxygen atoms in total. The minimum atomic E-state index is -1.10. The largest absolute Gasteiger partial charge is 0.478 e. The number of carboxylic acid groups (broad SMARTS) is 1. The number of Topliss-reactive ketones (excluding diaryl/α,β-unsaturated/α-hetero) is 2. The molecule has 0 fully saturated rings. The summed E-state index contributed by atoms with van der Waals surface area (Å²) >= 11 is 0. The molecule has 6 heteroatoms. The molecule has 1 heterocycles. The Bertz CT molecular complexity index is 940. The maximum absolute atomic E-state index is 12.6. The van der Waals surface area contributed by atoms with Crippen molar-refractivity contribution < 1.29 is 28.7 Å². The summed E-state index contributed by atoms with van der Waals surface area (Å²) in [5.74, 6) is -2.82. The highest BCUT2D eigenvalue weighted by Gasteiger charge is 2.35. The Morgan fingerprint density at radius 3 is 2.08 bits per heavy atom. The highest BCUT2D eigenvalue weighted by Crippen LogP contribution is 2.33. The molecule has 1 aromatic heterocycles. The third kappa shape index (κ3) is 2.20. The number of fused-ring (bicyclic) bond motifs is 1. The lowest BCUT2D eigenvalue weighted by molar-refractivity contribution is -0.111. The number of ketones is 3. The third-order valence-corrected chi connectivity index (χ3v) is 4.11. The van der Waals surface area contributed by atoms with Crippen LogP contribution in [0.5, 0.6) is 0 Å². The van der Waals surface area contributed by atoms with Gasteiger partial charge in [0.25, 0.3) is 0 Å². The molecule has 120 valence electrons. The van der Waals surface area contributed by atoms with E-state index in [2.05, 4.69) is 0 Å². The predicted octanol–water partition coefficient (Wildman–Crippen LogP) is 2.77. The van der Waals surface area contributed by atoms with Crippen molar-refractivity contribution in [2.75, 3.05) is 0 Å². The Balaban J connectivity index is 2.08. The van der Waals surface area contributed by atoms with Crippen molar-refractivity contribution >= 4 is 28.9 Å². The van der Waals surface area contributed by atoms with Crippen LogP contribution in [0.2, 0.25) is 0 Å². The summed E-state index contributed by atoms with van der Waals surface area (Å²) in [4.78, 5) is 47.7. The van der Waals surface area contributed by atoms with Crippen LogP contribution in [0.15, 0.2) is 40.5 Å². The van der Waals surface area contributed by atoms with Gasteiger partial charge in [-0.15, -0.1) is 0 Å². The van der Waals surface area contributed by atoms with Gasteiger partial charge in [-0.05, 0) is 31.6 Å². The molecular formula is C18H12O6. The van der Waals surface area contributed by atoms with E-state index in [0.29, 0.717) is 11.1 Å². The van der Waals surface area contributed by atoms with Crippen molar-refractivity contribution in [1.82, 2.24) is 0 Å². The molecule has 0 unspecified atom stereocenters. The van der Waals surface area contributed by atoms with Gasteiger partial charge in [-0.3, -0.25) is 14.4 Å². The van der Waals surface area contributed by atoms with Gasteiger partial charge in [0.15, 0.2) is 5.78 Å². The summed E-state index contributed by atoms with van der Waals surface area (Å²) in [5, 5.41) is 8.89. The summed E-state index contributed by atoms with van der Waals surface area (Å²) in [6, 6.07) is 5.30. The summed E-state index contributed by atoms with van der Waals surface area (Å²) in [7, 11) is 0. The minimum Gasteiger partial charge on any atom is -0.478 e. The smallest absolute Gasteiger partial charge is 0.335 e.